The van der Waals surface area contributed by atoms with E-state index in [0.29, 0.717) is 0 Å². The summed E-state index contributed by atoms with van der Waals surface area (Å²) in [6, 6.07) is 7.74. The van der Waals surface area contributed by atoms with Gasteiger partial charge in [-0.05, 0) is 24.3 Å². The molecular weight excluding hydrogens is 214 g/mol. The Hall–Kier alpha value is -2.23. The zero-order chi connectivity index (χ0) is 12.1. The smallest absolute Gasteiger partial charge is 0.119 e. The minimum Gasteiger partial charge on any atom is -0.497 e. The number of H-pyrrole nitrogens is 1. The van der Waals surface area contributed by atoms with Crippen molar-refractivity contribution >= 4 is 5.69 Å². The summed E-state index contributed by atoms with van der Waals surface area (Å²) in [6.45, 7) is 3.81. The third kappa shape index (κ3) is 2.66. The summed E-state index contributed by atoms with van der Waals surface area (Å²) < 4.78 is 5.11. The van der Waals surface area contributed by atoms with Crippen LogP contribution < -0.4 is 10.1 Å². The topological polar surface area (TPSA) is 49.9 Å². The second-order valence-electron chi connectivity index (χ2n) is 3.58. The number of methoxy groups -OCH3 is 1. The van der Waals surface area contributed by atoms with Crippen molar-refractivity contribution in [3.63, 3.8) is 0 Å². The molecule has 0 saturated carbocycles. The molecule has 4 heteroatoms. The number of aromatic amines is 1. The van der Waals surface area contributed by atoms with E-state index < -0.39 is 0 Å². The molecule has 1 heterocycles. The lowest BCUT2D eigenvalue weighted by Gasteiger charge is -2.14. The zero-order valence-corrected chi connectivity index (χ0v) is 9.68. The monoisotopic (exact) mass is 229 g/mol. The van der Waals surface area contributed by atoms with Crippen LogP contribution in [-0.4, -0.2) is 17.1 Å². The highest BCUT2D eigenvalue weighted by atomic mass is 16.5. The van der Waals surface area contributed by atoms with Crippen molar-refractivity contribution in [1.82, 2.24) is 9.97 Å². The van der Waals surface area contributed by atoms with Crippen molar-refractivity contribution in [1.29, 1.82) is 0 Å². The van der Waals surface area contributed by atoms with Crippen molar-refractivity contribution in [2.75, 3.05) is 12.4 Å². The van der Waals surface area contributed by atoms with Gasteiger partial charge in [-0.25, -0.2) is 4.98 Å². The summed E-state index contributed by atoms with van der Waals surface area (Å²) in [5, 5.41) is 3.33. The molecule has 0 bridgehead atoms. The largest absolute Gasteiger partial charge is 0.497 e. The first kappa shape index (κ1) is 11.3. The van der Waals surface area contributed by atoms with E-state index in [4.69, 9.17) is 4.74 Å². The Bertz CT molecular complexity index is 462. The summed E-state index contributed by atoms with van der Waals surface area (Å²) in [5.74, 6) is 0.838. The number of hydrogen-bond donors (Lipinski definition) is 2. The molecule has 0 saturated heterocycles. The highest BCUT2D eigenvalue weighted by molar-refractivity contribution is 5.48. The fourth-order valence-electron chi connectivity index (χ4n) is 1.56. The Morgan fingerprint density at radius 2 is 2.18 bits per heavy atom. The zero-order valence-electron chi connectivity index (χ0n) is 9.68. The van der Waals surface area contributed by atoms with Crippen LogP contribution in [-0.2, 0) is 0 Å². The molecule has 2 rings (SSSR count). The molecule has 1 atom stereocenters. The quantitative estimate of drug-likeness (QED) is 0.775. The van der Waals surface area contributed by atoms with Crippen LogP contribution >= 0.6 is 0 Å². The molecule has 1 unspecified atom stereocenters. The standard InChI is InChI=1S/C13H15N3O/c1-3-12(13-8-14-9-15-13)16-10-4-6-11(17-2)7-5-10/h3-9,12,16H,1H2,2H3,(H,14,15). The molecule has 2 aromatic rings. The Labute approximate surface area is 100 Å². The van der Waals surface area contributed by atoms with Gasteiger partial charge in [0.05, 0.1) is 25.2 Å². The van der Waals surface area contributed by atoms with Crippen molar-refractivity contribution in [2.24, 2.45) is 0 Å². The number of nitrogens with one attached hydrogen (secondary N) is 2. The lowest BCUT2D eigenvalue weighted by Crippen LogP contribution is -2.07. The van der Waals surface area contributed by atoms with E-state index in [1.807, 2.05) is 36.5 Å². The second-order valence-corrected chi connectivity index (χ2v) is 3.58. The Morgan fingerprint density at radius 1 is 1.41 bits per heavy atom. The van der Waals surface area contributed by atoms with Crippen LogP contribution in [0.5, 0.6) is 5.75 Å². The maximum atomic E-state index is 5.11. The van der Waals surface area contributed by atoms with Crippen LogP contribution in [0.25, 0.3) is 0 Å². The van der Waals surface area contributed by atoms with Gasteiger partial charge in [0.2, 0.25) is 0 Å². The number of anilines is 1. The average Bonchev–Trinajstić information content (AvgIpc) is 2.90. The number of nitrogens with zero attached hydrogens (tertiary/aromatic N) is 1. The first-order valence-corrected chi connectivity index (χ1v) is 5.35. The molecule has 4 nitrogen and oxygen atoms in total. The molecule has 0 fully saturated rings. The summed E-state index contributed by atoms with van der Waals surface area (Å²) in [7, 11) is 1.65. The average molecular weight is 229 g/mol. The molecule has 0 amide bonds. The normalized spacial score (nSPS) is 11.8. The van der Waals surface area contributed by atoms with Gasteiger partial charge in [-0.1, -0.05) is 6.08 Å². The number of rotatable bonds is 5. The third-order valence-electron chi connectivity index (χ3n) is 2.49. The molecule has 17 heavy (non-hydrogen) atoms. The second kappa shape index (κ2) is 5.21. The van der Waals surface area contributed by atoms with Gasteiger partial charge in [0.1, 0.15) is 5.75 Å². The van der Waals surface area contributed by atoms with Crippen molar-refractivity contribution in [3.05, 3.63) is 55.1 Å². The van der Waals surface area contributed by atoms with Gasteiger partial charge in [0, 0.05) is 11.9 Å². The van der Waals surface area contributed by atoms with Gasteiger partial charge in [0.15, 0.2) is 0 Å². The van der Waals surface area contributed by atoms with Crippen LogP contribution in [0, 0.1) is 0 Å². The van der Waals surface area contributed by atoms with Crippen molar-refractivity contribution in [3.8, 4) is 5.75 Å². The van der Waals surface area contributed by atoms with E-state index in [1.54, 1.807) is 13.4 Å². The number of imidazole rings is 1. The van der Waals surface area contributed by atoms with Crippen LogP contribution in [0.2, 0.25) is 0 Å². The lowest BCUT2D eigenvalue weighted by molar-refractivity contribution is 0.415. The predicted octanol–water partition coefficient (Wildman–Crippen LogP) is 2.76. The highest BCUT2D eigenvalue weighted by Crippen LogP contribution is 2.20. The number of benzene rings is 1. The maximum absolute atomic E-state index is 5.11. The lowest BCUT2D eigenvalue weighted by atomic mass is 10.2. The van der Waals surface area contributed by atoms with Crippen LogP contribution in [0.1, 0.15) is 11.7 Å². The number of hydrogen-bond acceptors (Lipinski definition) is 3. The van der Waals surface area contributed by atoms with E-state index in [2.05, 4.69) is 21.9 Å². The van der Waals surface area contributed by atoms with Gasteiger partial charge in [-0.15, -0.1) is 6.58 Å². The van der Waals surface area contributed by atoms with E-state index in [9.17, 15) is 0 Å². The van der Waals surface area contributed by atoms with Crippen LogP contribution in [0.4, 0.5) is 5.69 Å². The molecule has 1 aromatic heterocycles. The summed E-state index contributed by atoms with van der Waals surface area (Å²) in [5.41, 5.74) is 1.91. The first-order valence-electron chi connectivity index (χ1n) is 5.35. The molecule has 0 radical (unpaired) electrons. The fraction of sp³-hybridized carbons (Fsp3) is 0.154. The molecule has 0 aliphatic carbocycles. The summed E-state index contributed by atoms with van der Waals surface area (Å²) in [4.78, 5) is 7.13. The Balaban J connectivity index is 2.10. The minimum atomic E-state index is -0.00496. The van der Waals surface area contributed by atoms with Crippen LogP contribution in [0.15, 0.2) is 49.4 Å². The molecule has 88 valence electrons. The van der Waals surface area contributed by atoms with Gasteiger partial charge >= 0.3 is 0 Å². The fourth-order valence-corrected chi connectivity index (χ4v) is 1.56. The van der Waals surface area contributed by atoms with Crippen LogP contribution in [0.3, 0.4) is 0 Å². The predicted molar refractivity (Wildman–Crippen MR) is 68.1 cm³/mol. The van der Waals surface area contributed by atoms with Gasteiger partial charge < -0.3 is 15.0 Å². The molecular formula is C13H15N3O. The van der Waals surface area contributed by atoms with Crippen molar-refractivity contribution in [2.45, 2.75) is 6.04 Å². The summed E-state index contributed by atoms with van der Waals surface area (Å²) in [6.07, 6.45) is 5.32. The van der Waals surface area contributed by atoms with E-state index in [0.717, 1.165) is 17.1 Å². The Morgan fingerprint density at radius 3 is 2.71 bits per heavy atom. The molecule has 2 N–H and O–H groups in total. The highest BCUT2D eigenvalue weighted by Gasteiger charge is 2.08. The number of ether oxygens (including phenoxy) is 1. The number of aromatic nitrogens is 2. The Kier molecular flexibility index (Phi) is 3.45. The molecule has 0 aliphatic rings. The minimum absolute atomic E-state index is 0.00496. The SMILES string of the molecule is C=CC(Nc1ccc(OC)cc1)c1c[nH]cn1. The van der Waals surface area contributed by atoms with Crippen molar-refractivity contribution < 1.29 is 4.74 Å². The van der Waals surface area contributed by atoms with E-state index >= 15 is 0 Å². The molecule has 0 aliphatic heterocycles. The van der Waals surface area contributed by atoms with Gasteiger partial charge in [-0.2, -0.15) is 0 Å². The first-order chi connectivity index (χ1) is 8.33. The third-order valence-corrected chi connectivity index (χ3v) is 2.49. The molecule has 0 spiro atoms. The van der Waals surface area contributed by atoms with E-state index in [1.165, 1.54) is 0 Å². The van der Waals surface area contributed by atoms with E-state index in [-0.39, 0.29) is 6.04 Å². The van der Waals surface area contributed by atoms with Gasteiger partial charge in [0.25, 0.3) is 0 Å². The van der Waals surface area contributed by atoms with Gasteiger partial charge in [-0.3, -0.25) is 0 Å². The molecule has 1 aromatic carbocycles. The maximum Gasteiger partial charge on any atom is 0.119 e. The summed E-state index contributed by atoms with van der Waals surface area (Å²) >= 11 is 0.